The Morgan fingerprint density at radius 2 is 2.35 bits per heavy atom. The van der Waals surface area contributed by atoms with Gasteiger partial charge < -0.3 is 16.0 Å². The maximum atomic E-state index is 11.6. The number of carbonyl (C=O) groups is 1. The van der Waals surface area contributed by atoms with E-state index < -0.39 is 5.54 Å². The van der Waals surface area contributed by atoms with Crippen LogP contribution in [0.2, 0.25) is 0 Å². The summed E-state index contributed by atoms with van der Waals surface area (Å²) in [4.78, 5) is 29.9. The topological polar surface area (TPSA) is 101 Å². The Bertz CT molecular complexity index is 556. The van der Waals surface area contributed by atoms with Crippen molar-refractivity contribution in [3.8, 4) is 0 Å². The van der Waals surface area contributed by atoms with Crippen molar-refractivity contribution in [1.29, 1.82) is 0 Å². The van der Waals surface area contributed by atoms with Crippen LogP contribution in [0.5, 0.6) is 0 Å². The van der Waals surface area contributed by atoms with Crippen molar-refractivity contribution in [1.82, 2.24) is 15.3 Å². The van der Waals surface area contributed by atoms with E-state index in [0.717, 1.165) is 12.8 Å². The second-order valence-electron chi connectivity index (χ2n) is 5.41. The quantitative estimate of drug-likeness (QED) is 0.504. The van der Waals surface area contributed by atoms with Gasteiger partial charge in [0.15, 0.2) is 5.16 Å². The molecule has 1 heterocycles. The van der Waals surface area contributed by atoms with Crippen LogP contribution in [0.3, 0.4) is 0 Å². The van der Waals surface area contributed by atoms with Gasteiger partial charge in [-0.2, -0.15) is 0 Å². The first-order chi connectivity index (χ1) is 9.39. The van der Waals surface area contributed by atoms with Crippen molar-refractivity contribution < 1.29 is 4.79 Å². The van der Waals surface area contributed by atoms with Crippen LogP contribution in [0.15, 0.2) is 16.0 Å². The largest absolute Gasteiger partial charge is 0.368 e. The van der Waals surface area contributed by atoms with Crippen molar-refractivity contribution in [2.75, 3.05) is 5.75 Å². The molecule has 6 nitrogen and oxygen atoms in total. The van der Waals surface area contributed by atoms with Crippen molar-refractivity contribution in [2.24, 2.45) is 5.73 Å². The number of aromatic nitrogens is 2. The van der Waals surface area contributed by atoms with Crippen LogP contribution in [0, 0.1) is 6.92 Å². The summed E-state index contributed by atoms with van der Waals surface area (Å²) >= 11 is 1.43. The second kappa shape index (κ2) is 5.97. The van der Waals surface area contributed by atoms with Crippen LogP contribution in [0.25, 0.3) is 0 Å². The predicted molar refractivity (Wildman–Crippen MR) is 78.7 cm³/mol. The molecule has 1 saturated carbocycles. The average Bonchev–Trinajstić information content (AvgIpc) is 3.11. The van der Waals surface area contributed by atoms with Crippen molar-refractivity contribution in [3.63, 3.8) is 0 Å². The molecular weight excluding hydrogens is 276 g/mol. The van der Waals surface area contributed by atoms with E-state index in [1.165, 1.54) is 17.8 Å². The number of carbonyl (C=O) groups excluding carboxylic acids is 1. The average molecular weight is 296 g/mol. The second-order valence-corrected chi connectivity index (χ2v) is 6.49. The summed E-state index contributed by atoms with van der Waals surface area (Å²) < 4.78 is 0. The van der Waals surface area contributed by atoms with E-state index in [4.69, 9.17) is 5.73 Å². The third-order valence-corrected chi connectivity index (χ3v) is 4.21. The normalized spacial score (nSPS) is 17.7. The number of hydrogen-bond acceptors (Lipinski definition) is 5. The minimum Gasteiger partial charge on any atom is -0.368 e. The molecule has 0 spiro atoms. The van der Waals surface area contributed by atoms with Gasteiger partial charge >= 0.3 is 0 Å². The summed E-state index contributed by atoms with van der Waals surface area (Å²) in [6, 6.07) is 1.86. The highest BCUT2D eigenvalue weighted by Gasteiger charge is 2.36. The fraction of sp³-hybridized carbons (Fsp3) is 0.615. The van der Waals surface area contributed by atoms with Gasteiger partial charge in [0.2, 0.25) is 5.91 Å². The number of primary amides is 1. The summed E-state index contributed by atoms with van der Waals surface area (Å²) in [5.41, 5.74) is 5.32. The molecule has 0 aromatic carbocycles. The molecule has 1 aromatic rings. The zero-order chi connectivity index (χ0) is 14.8. The summed E-state index contributed by atoms with van der Waals surface area (Å²) in [5.74, 6) is 0.321. The van der Waals surface area contributed by atoms with E-state index in [2.05, 4.69) is 15.3 Å². The maximum absolute atomic E-state index is 11.6. The fourth-order valence-corrected chi connectivity index (χ4v) is 3.00. The molecular formula is C13H20N4O2S. The summed E-state index contributed by atoms with van der Waals surface area (Å²) in [5, 5.41) is 3.87. The molecule has 0 aliphatic heterocycles. The Labute approximate surface area is 121 Å². The zero-order valence-corrected chi connectivity index (χ0v) is 12.5. The highest BCUT2D eigenvalue weighted by atomic mass is 32.2. The van der Waals surface area contributed by atoms with Gasteiger partial charge in [0.25, 0.3) is 5.56 Å². The Kier molecular flexibility index (Phi) is 4.49. The van der Waals surface area contributed by atoms with Crippen LogP contribution in [-0.2, 0) is 4.79 Å². The van der Waals surface area contributed by atoms with Crippen molar-refractivity contribution >= 4 is 17.7 Å². The molecule has 1 aliphatic carbocycles. The number of thioether (sulfide) groups is 1. The molecule has 1 fully saturated rings. The number of H-pyrrole nitrogens is 1. The van der Waals surface area contributed by atoms with Gasteiger partial charge in [0.1, 0.15) is 0 Å². The van der Waals surface area contributed by atoms with Gasteiger partial charge in [-0.05, 0) is 33.1 Å². The minimum absolute atomic E-state index is 0.159. The van der Waals surface area contributed by atoms with Gasteiger partial charge in [0.05, 0.1) is 5.54 Å². The number of aryl methyl sites for hydroxylation is 1. The number of aromatic amines is 1. The third kappa shape index (κ3) is 4.08. The molecule has 1 unspecified atom stereocenters. The minimum atomic E-state index is -0.696. The van der Waals surface area contributed by atoms with Crippen LogP contribution in [0.1, 0.15) is 31.9 Å². The lowest BCUT2D eigenvalue weighted by Crippen LogP contribution is -2.54. The molecule has 4 N–H and O–H groups in total. The molecule has 1 aliphatic rings. The van der Waals surface area contributed by atoms with E-state index in [0.29, 0.717) is 29.1 Å². The van der Waals surface area contributed by atoms with Crippen molar-refractivity contribution in [3.05, 3.63) is 22.1 Å². The number of amides is 1. The van der Waals surface area contributed by atoms with Crippen LogP contribution < -0.4 is 16.6 Å². The highest BCUT2D eigenvalue weighted by molar-refractivity contribution is 7.99. The van der Waals surface area contributed by atoms with Gasteiger partial charge in [-0.3, -0.25) is 9.59 Å². The van der Waals surface area contributed by atoms with Crippen molar-refractivity contribution in [2.45, 2.75) is 49.8 Å². The van der Waals surface area contributed by atoms with Gasteiger partial charge in [-0.15, -0.1) is 0 Å². The van der Waals surface area contributed by atoms with E-state index in [9.17, 15) is 9.59 Å². The van der Waals surface area contributed by atoms with E-state index in [-0.39, 0.29) is 11.5 Å². The monoisotopic (exact) mass is 296 g/mol. The van der Waals surface area contributed by atoms with E-state index in [1.807, 2.05) is 6.92 Å². The Hall–Kier alpha value is -1.34. The molecule has 20 heavy (non-hydrogen) atoms. The number of rotatable bonds is 7. The maximum Gasteiger partial charge on any atom is 0.251 e. The lowest BCUT2D eigenvalue weighted by Gasteiger charge is -2.27. The Morgan fingerprint density at radius 1 is 1.65 bits per heavy atom. The molecule has 1 atom stereocenters. The Balaban J connectivity index is 1.92. The van der Waals surface area contributed by atoms with Crippen LogP contribution in [0.4, 0.5) is 0 Å². The summed E-state index contributed by atoms with van der Waals surface area (Å²) in [7, 11) is 0. The molecule has 7 heteroatoms. The van der Waals surface area contributed by atoms with Gasteiger partial charge in [0, 0.05) is 23.6 Å². The molecule has 2 rings (SSSR count). The first-order valence-corrected chi connectivity index (χ1v) is 7.66. The molecule has 0 radical (unpaired) electrons. The fourth-order valence-electron chi connectivity index (χ4n) is 1.92. The highest BCUT2D eigenvalue weighted by Crippen LogP contribution is 2.25. The van der Waals surface area contributed by atoms with Crippen LogP contribution >= 0.6 is 11.8 Å². The van der Waals surface area contributed by atoms with E-state index in [1.54, 1.807) is 6.92 Å². The zero-order valence-electron chi connectivity index (χ0n) is 11.7. The number of nitrogens with zero attached hydrogens (tertiary/aromatic N) is 1. The molecule has 1 amide bonds. The number of hydrogen-bond donors (Lipinski definition) is 3. The predicted octanol–water partition coefficient (Wildman–Crippen LogP) is 0.557. The SMILES string of the molecule is Cc1cc(=O)[nH]c(SCCC(C)(NC2CC2)C(N)=O)n1. The lowest BCUT2D eigenvalue weighted by molar-refractivity contribution is -0.124. The van der Waals surface area contributed by atoms with Crippen LogP contribution in [-0.4, -0.2) is 33.2 Å². The smallest absolute Gasteiger partial charge is 0.251 e. The summed E-state index contributed by atoms with van der Waals surface area (Å²) in [6.45, 7) is 3.61. The lowest BCUT2D eigenvalue weighted by atomic mass is 9.98. The first-order valence-electron chi connectivity index (χ1n) is 6.67. The molecule has 0 bridgehead atoms. The molecule has 1 aromatic heterocycles. The van der Waals surface area contributed by atoms with E-state index >= 15 is 0 Å². The number of nitrogens with two attached hydrogens (primary N) is 1. The first kappa shape index (κ1) is 15.1. The molecule has 0 saturated heterocycles. The third-order valence-electron chi connectivity index (χ3n) is 3.33. The Morgan fingerprint density at radius 3 is 2.90 bits per heavy atom. The number of nitrogens with one attached hydrogen (secondary N) is 2. The van der Waals surface area contributed by atoms with Gasteiger partial charge in [-0.1, -0.05) is 11.8 Å². The standard InChI is InChI=1S/C13H20N4O2S/c1-8-7-10(18)16-12(15-8)20-6-5-13(2,11(14)19)17-9-3-4-9/h7,9,17H,3-6H2,1-2H3,(H2,14,19)(H,15,16,18). The summed E-state index contributed by atoms with van der Waals surface area (Å²) in [6.07, 6.45) is 2.80. The molecule has 110 valence electrons. The van der Waals surface area contributed by atoms with Gasteiger partial charge in [-0.25, -0.2) is 4.98 Å².